The molecule has 122 valence electrons. The smallest absolute Gasteiger partial charge is 0.227 e. The van der Waals surface area contributed by atoms with Gasteiger partial charge in [-0.25, -0.2) is 4.39 Å². The first-order chi connectivity index (χ1) is 11.6. The molecule has 3 aromatic rings. The van der Waals surface area contributed by atoms with Crippen molar-refractivity contribution in [2.45, 2.75) is 11.7 Å². The molecule has 2 N–H and O–H groups in total. The van der Waals surface area contributed by atoms with Crippen molar-refractivity contribution in [2.75, 3.05) is 5.75 Å². The van der Waals surface area contributed by atoms with Crippen LogP contribution in [0.3, 0.4) is 0 Å². The van der Waals surface area contributed by atoms with Crippen LogP contribution >= 0.6 is 11.8 Å². The second-order valence-corrected chi connectivity index (χ2v) is 6.08. The fraction of sp³-hybridized carbons (Fsp3) is 0.118. The third-order valence-corrected chi connectivity index (χ3v) is 4.34. The van der Waals surface area contributed by atoms with Gasteiger partial charge >= 0.3 is 0 Å². The summed E-state index contributed by atoms with van der Waals surface area (Å²) in [6, 6.07) is 15.9. The minimum absolute atomic E-state index is 0.121. The molecule has 0 unspecified atom stereocenters. The lowest BCUT2D eigenvalue weighted by Gasteiger charge is -2.10. The zero-order valence-corrected chi connectivity index (χ0v) is 13.5. The first-order valence-electron chi connectivity index (χ1n) is 7.27. The van der Waals surface area contributed by atoms with Crippen LogP contribution in [-0.2, 0) is 11.3 Å². The Bertz CT molecular complexity index is 834. The maximum atomic E-state index is 13.2. The number of amides is 1. The predicted molar refractivity (Wildman–Crippen MR) is 90.9 cm³/mol. The van der Waals surface area contributed by atoms with Crippen LogP contribution in [0, 0.1) is 5.82 Å². The van der Waals surface area contributed by atoms with E-state index in [1.807, 2.05) is 34.9 Å². The van der Waals surface area contributed by atoms with Crippen molar-refractivity contribution in [3.63, 3.8) is 0 Å². The lowest BCUT2D eigenvalue weighted by Crippen LogP contribution is -2.14. The van der Waals surface area contributed by atoms with Gasteiger partial charge in [-0.15, -0.1) is 10.2 Å². The third kappa shape index (κ3) is 3.80. The molecule has 0 saturated heterocycles. The maximum Gasteiger partial charge on any atom is 0.227 e. The molecule has 7 heteroatoms. The third-order valence-electron chi connectivity index (χ3n) is 3.35. The van der Waals surface area contributed by atoms with Gasteiger partial charge in [0.05, 0.1) is 12.3 Å². The number of hydrogen-bond acceptors (Lipinski definition) is 4. The number of nitrogens with zero attached hydrogens (tertiary/aromatic N) is 3. The molecule has 0 atom stereocenters. The fourth-order valence-electron chi connectivity index (χ4n) is 2.25. The molecule has 0 radical (unpaired) electrons. The lowest BCUT2D eigenvalue weighted by molar-refractivity contribution is -0.115. The second kappa shape index (κ2) is 7.27. The molecule has 0 aliphatic rings. The summed E-state index contributed by atoms with van der Waals surface area (Å²) in [6.45, 7) is 0.543. The first kappa shape index (κ1) is 16.2. The van der Waals surface area contributed by atoms with Gasteiger partial charge in [-0.05, 0) is 29.8 Å². The molecule has 2 aromatic carbocycles. The number of benzene rings is 2. The number of thioether (sulfide) groups is 1. The van der Waals surface area contributed by atoms with Gasteiger partial charge in [0.1, 0.15) is 5.82 Å². The van der Waals surface area contributed by atoms with Crippen LogP contribution in [0.25, 0.3) is 11.4 Å². The topological polar surface area (TPSA) is 73.8 Å². The van der Waals surface area contributed by atoms with Gasteiger partial charge in [0.25, 0.3) is 0 Å². The Labute approximate surface area is 142 Å². The Morgan fingerprint density at radius 3 is 2.46 bits per heavy atom. The van der Waals surface area contributed by atoms with E-state index in [0.29, 0.717) is 17.5 Å². The standard InChI is InChI=1S/C17H15FN4OS/c18-14-8-6-13(7-9-14)16-20-21-17(24-11-15(19)23)22(16)10-12-4-2-1-3-5-12/h1-9H,10-11H2,(H2,19,23). The molecule has 0 spiro atoms. The highest BCUT2D eigenvalue weighted by Gasteiger charge is 2.15. The van der Waals surface area contributed by atoms with E-state index in [0.717, 1.165) is 11.1 Å². The molecule has 1 heterocycles. The molecule has 3 rings (SSSR count). The Morgan fingerprint density at radius 1 is 1.08 bits per heavy atom. The van der Waals surface area contributed by atoms with Crippen LogP contribution < -0.4 is 5.73 Å². The second-order valence-electron chi connectivity index (χ2n) is 5.14. The summed E-state index contributed by atoms with van der Waals surface area (Å²) in [4.78, 5) is 11.1. The minimum Gasteiger partial charge on any atom is -0.369 e. The van der Waals surface area contributed by atoms with Crippen LogP contribution in [0.1, 0.15) is 5.56 Å². The van der Waals surface area contributed by atoms with Crippen LogP contribution in [0.15, 0.2) is 59.8 Å². The van der Waals surface area contributed by atoms with Gasteiger partial charge < -0.3 is 5.73 Å². The van der Waals surface area contributed by atoms with Crippen LogP contribution in [0.4, 0.5) is 4.39 Å². The van der Waals surface area contributed by atoms with Gasteiger partial charge in [-0.1, -0.05) is 42.1 Å². The summed E-state index contributed by atoms with van der Waals surface area (Å²) in [5, 5.41) is 8.96. The number of halogens is 1. The Balaban J connectivity index is 1.98. The van der Waals surface area contributed by atoms with Crippen molar-refractivity contribution in [3.8, 4) is 11.4 Å². The molecule has 0 saturated carbocycles. The van der Waals surface area contributed by atoms with Crippen molar-refractivity contribution >= 4 is 17.7 Å². The summed E-state index contributed by atoms with van der Waals surface area (Å²) in [5.41, 5.74) is 7.04. The largest absolute Gasteiger partial charge is 0.369 e. The predicted octanol–water partition coefficient (Wildman–Crippen LogP) is 2.71. The molecule has 0 fully saturated rings. The number of carbonyl (C=O) groups is 1. The van der Waals surface area contributed by atoms with E-state index in [1.54, 1.807) is 12.1 Å². The van der Waals surface area contributed by atoms with E-state index in [4.69, 9.17) is 5.73 Å². The van der Waals surface area contributed by atoms with Gasteiger partial charge in [-0.3, -0.25) is 9.36 Å². The van der Waals surface area contributed by atoms with E-state index >= 15 is 0 Å². The fourth-order valence-corrected chi connectivity index (χ4v) is 2.93. The highest BCUT2D eigenvalue weighted by atomic mass is 32.2. The van der Waals surface area contributed by atoms with Gasteiger partial charge in [-0.2, -0.15) is 0 Å². The van der Waals surface area contributed by atoms with Gasteiger partial charge in [0.15, 0.2) is 11.0 Å². The number of hydrogen-bond donors (Lipinski definition) is 1. The van der Waals surface area contributed by atoms with Gasteiger partial charge in [0.2, 0.25) is 5.91 Å². The van der Waals surface area contributed by atoms with E-state index in [9.17, 15) is 9.18 Å². The SMILES string of the molecule is NC(=O)CSc1nnc(-c2ccc(F)cc2)n1Cc1ccccc1. The van der Waals surface area contributed by atoms with Crippen molar-refractivity contribution in [3.05, 3.63) is 66.0 Å². The summed E-state index contributed by atoms with van der Waals surface area (Å²) in [7, 11) is 0. The molecule has 0 bridgehead atoms. The zero-order chi connectivity index (χ0) is 16.9. The zero-order valence-electron chi connectivity index (χ0n) is 12.7. The van der Waals surface area contributed by atoms with E-state index in [2.05, 4.69) is 10.2 Å². The number of carbonyl (C=O) groups excluding carboxylic acids is 1. The Morgan fingerprint density at radius 2 is 1.79 bits per heavy atom. The van der Waals surface area contributed by atoms with E-state index in [-0.39, 0.29) is 11.6 Å². The molecule has 1 amide bonds. The molecular formula is C17H15FN4OS. The van der Waals surface area contributed by atoms with Crippen LogP contribution in [-0.4, -0.2) is 26.4 Å². The first-order valence-corrected chi connectivity index (χ1v) is 8.26. The highest BCUT2D eigenvalue weighted by Crippen LogP contribution is 2.25. The average molecular weight is 342 g/mol. The number of primary amides is 1. The normalized spacial score (nSPS) is 10.7. The molecule has 24 heavy (non-hydrogen) atoms. The van der Waals surface area contributed by atoms with Crippen molar-refractivity contribution in [2.24, 2.45) is 5.73 Å². The summed E-state index contributed by atoms with van der Waals surface area (Å²) >= 11 is 1.23. The number of nitrogens with two attached hydrogens (primary N) is 1. The van der Waals surface area contributed by atoms with E-state index < -0.39 is 5.91 Å². The monoisotopic (exact) mass is 342 g/mol. The van der Waals surface area contributed by atoms with Crippen LogP contribution in [0.2, 0.25) is 0 Å². The number of rotatable bonds is 6. The minimum atomic E-state index is -0.419. The lowest BCUT2D eigenvalue weighted by atomic mass is 10.2. The molecular weight excluding hydrogens is 327 g/mol. The van der Waals surface area contributed by atoms with Crippen molar-refractivity contribution in [1.29, 1.82) is 0 Å². The molecule has 1 aromatic heterocycles. The molecule has 0 aliphatic carbocycles. The van der Waals surface area contributed by atoms with Gasteiger partial charge in [0, 0.05) is 5.56 Å². The van der Waals surface area contributed by atoms with Crippen molar-refractivity contribution in [1.82, 2.24) is 14.8 Å². The quantitative estimate of drug-likeness (QED) is 0.699. The summed E-state index contributed by atoms with van der Waals surface area (Å²) in [6.07, 6.45) is 0. The molecule has 0 aliphatic heterocycles. The van der Waals surface area contributed by atoms with Crippen LogP contribution in [0.5, 0.6) is 0 Å². The Kier molecular flexibility index (Phi) is 4.90. The molecule has 5 nitrogen and oxygen atoms in total. The maximum absolute atomic E-state index is 13.2. The average Bonchev–Trinajstić information content (AvgIpc) is 2.97. The van der Waals surface area contributed by atoms with Crippen molar-refractivity contribution < 1.29 is 9.18 Å². The number of aromatic nitrogens is 3. The van der Waals surface area contributed by atoms with E-state index in [1.165, 1.54) is 23.9 Å². The Hall–Kier alpha value is -2.67. The highest BCUT2D eigenvalue weighted by molar-refractivity contribution is 7.99. The summed E-state index contributed by atoms with van der Waals surface area (Å²) in [5.74, 6) is 0.00991. The summed E-state index contributed by atoms with van der Waals surface area (Å²) < 4.78 is 15.1.